The van der Waals surface area contributed by atoms with Crippen molar-refractivity contribution in [3.63, 3.8) is 0 Å². The van der Waals surface area contributed by atoms with Gasteiger partial charge in [0, 0.05) is 18.1 Å². The highest BCUT2D eigenvalue weighted by Crippen LogP contribution is 2.20. The first-order chi connectivity index (χ1) is 7.02. The molecular weight excluding hydrogens is 192 g/mol. The van der Waals surface area contributed by atoms with Crippen molar-refractivity contribution in [1.82, 2.24) is 4.98 Å². The summed E-state index contributed by atoms with van der Waals surface area (Å²) in [6.45, 7) is 3.62. The van der Waals surface area contributed by atoms with Crippen molar-refractivity contribution in [2.24, 2.45) is 11.8 Å². The molecule has 4 heteroatoms. The molecule has 0 fully saturated rings. The number of nitrogens with two attached hydrogens (primary N) is 1. The summed E-state index contributed by atoms with van der Waals surface area (Å²) in [7, 11) is 0. The fourth-order valence-corrected chi connectivity index (χ4v) is 1.38. The summed E-state index contributed by atoms with van der Waals surface area (Å²) in [6.07, 6.45) is 3.97. The third-order valence-electron chi connectivity index (χ3n) is 2.73. The summed E-state index contributed by atoms with van der Waals surface area (Å²) < 4.78 is 0. The Bertz CT molecular complexity index is 352. The van der Waals surface area contributed by atoms with Crippen molar-refractivity contribution in [3.8, 4) is 0 Å². The zero-order chi connectivity index (χ0) is 11.4. The van der Waals surface area contributed by atoms with Gasteiger partial charge in [0.2, 0.25) is 0 Å². The van der Waals surface area contributed by atoms with Gasteiger partial charge in [0.25, 0.3) is 0 Å². The summed E-state index contributed by atoms with van der Waals surface area (Å²) in [6, 6.07) is 1.73. The number of aromatic nitrogens is 1. The van der Waals surface area contributed by atoms with Gasteiger partial charge >= 0.3 is 5.97 Å². The van der Waals surface area contributed by atoms with Gasteiger partial charge in [-0.05, 0) is 24.0 Å². The lowest BCUT2D eigenvalue weighted by molar-refractivity contribution is -0.142. The van der Waals surface area contributed by atoms with Gasteiger partial charge in [0.05, 0.1) is 5.92 Å². The van der Waals surface area contributed by atoms with Gasteiger partial charge < -0.3 is 10.8 Å². The van der Waals surface area contributed by atoms with Crippen molar-refractivity contribution >= 4 is 11.7 Å². The molecule has 0 amide bonds. The molecule has 15 heavy (non-hydrogen) atoms. The Kier molecular flexibility index (Phi) is 3.66. The van der Waals surface area contributed by atoms with Crippen LogP contribution in [0.4, 0.5) is 5.69 Å². The zero-order valence-corrected chi connectivity index (χ0v) is 8.97. The molecule has 1 rings (SSSR count). The highest BCUT2D eigenvalue weighted by molar-refractivity contribution is 5.69. The fraction of sp³-hybridized carbons (Fsp3) is 0.455. The number of hydrogen-bond acceptors (Lipinski definition) is 3. The number of nitrogens with zero attached hydrogens (tertiary/aromatic N) is 1. The third-order valence-corrected chi connectivity index (χ3v) is 2.73. The Morgan fingerprint density at radius 1 is 1.60 bits per heavy atom. The van der Waals surface area contributed by atoms with Crippen LogP contribution in [-0.2, 0) is 11.2 Å². The van der Waals surface area contributed by atoms with Gasteiger partial charge in [-0.2, -0.15) is 0 Å². The quantitative estimate of drug-likeness (QED) is 0.787. The first-order valence-corrected chi connectivity index (χ1v) is 4.93. The Hall–Kier alpha value is -1.58. The molecule has 0 aliphatic rings. The van der Waals surface area contributed by atoms with Crippen LogP contribution in [-0.4, -0.2) is 16.1 Å². The first-order valence-electron chi connectivity index (χ1n) is 4.93. The van der Waals surface area contributed by atoms with Gasteiger partial charge in [-0.1, -0.05) is 13.8 Å². The minimum Gasteiger partial charge on any atom is -0.481 e. The van der Waals surface area contributed by atoms with Gasteiger partial charge in [0.15, 0.2) is 0 Å². The van der Waals surface area contributed by atoms with Gasteiger partial charge in [-0.25, -0.2) is 0 Å². The lowest BCUT2D eigenvalue weighted by atomic mass is 9.90. The van der Waals surface area contributed by atoms with E-state index in [9.17, 15) is 4.79 Å². The minimum absolute atomic E-state index is 0.0500. The van der Waals surface area contributed by atoms with Gasteiger partial charge in [0.1, 0.15) is 0 Å². The van der Waals surface area contributed by atoms with Crippen LogP contribution in [0.1, 0.15) is 19.4 Å². The van der Waals surface area contributed by atoms with Crippen molar-refractivity contribution < 1.29 is 9.90 Å². The number of carbonyl (C=O) groups is 1. The van der Waals surface area contributed by atoms with Crippen molar-refractivity contribution in [3.05, 3.63) is 24.0 Å². The maximum absolute atomic E-state index is 10.8. The monoisotopic (exact) mass is 208 g/mol. The number of anilines is 1. The van der Waals surface area contributed by atoms with E-state index in [1.54, 1.807) is 25.4 Å². The largest absolute Gasteiger partial charge is 0.481 e. The fourth-order valence-electron chi connectivity index (χ4n) is 1.38. The number of carboxylic acid groups (broad SMARTS) is 1. The highest BCUT2D eigenvalue weighted by Gasteiger charge is 2.20. The average Bonchev–Trinajstić information content (AvgIpc) is 2.20. The van der Waals surface area contributed by atoms with Crippen LogP contribution >= 0.6 is 0 Å². The number of nitrogen functional groups attached to an aromatic ring is 1. The van der Waals surface area contributed by atoms with Gasteiger partial charge in [-0.15, -0.1) is 0 Å². The molecule has 0 aromatic carbocycles. The molecule has 2 atom stereocenters. The Morgan fingerprint density at radius 3 is 2.80 bits per heavy atom. The molecule has 1 heterocycles. The van der Waals surface area contributed by atoms with E-state index < -0.39 is 5.97 Å². The number of aliphatic carboxylic acids is 1. The van der Waals surface area contributed by atoms with Crippen molar-refractivity contribution in [1.29, 1.82) is 0 Å². The van der Waals surface area contributed by atoms with E-state index in [0.29, 0.717) is 12.1 Å². The van der Waals surface area contributed by atoms with Crippen molar-refractivity contribution in [2.75, 3.05) is 5.73 Å². The summed E-state index contributed by atoms with van der Waals surface area (Å²) in [4.78, 5) is 14.7. The van der Waals surface area contributed by atoms with Crippen LogP contribution in [0, 0.1) is 11.8 Å². The van der Waals surface area contributed by atoms with Crippen LogP contribution in [0.2, 0.25) is 0 Å². The summed E-state index contributed by atoms with van der Waals surface area (Å²) in [5.41, 5.74) is 7.35. The lowest BCUT2D eigenvalue weighted by Crippen LogP contribution is -2.20. The molecule has 82 valence electrons. The summed E-state index contributed by atoms with van der Waals surface area (Å²) in [5, 5.41) is 8.85. The number of pyridine rings is 1. The molecule has 0 aliphatic heterocycles. The number of hydrogen-bond donors (Lipinski definition) is 2. The molecule has 3 N–H and O–H groups in total. The van der Waals surface area contributed by atoms with Crippen LogP contribution in [0.25, 0.3) is 0 Å². The third kappa shape index (κ3) is 2.94. The van der Waals surface area contributed by atoms with Gasteiger partial charge in [-0.3, -0.25) is 9.78 Å². The normalized spacial score (nSPS) is 14.5. The van der Waals surface area contributed by atoms with Crippen LogP contribution in [0.3, 0.4) is 0 Å². The molecular formula is C11H16N2O2. The van der Waals surface area contributed by atoms with Crippen LogP contribution in [0.5, 0.6) is 0 Å². The zero-order valence-electron chi connectivity index (χ0n) is 8.97. The van der Waals surface area contributed by atoms with E-state index in [1.807, 2.05) is 6.92 Å². The minimum atomic E-state index is -0.773. The topological polar surface area (TPSA) is 76.2 Å². The SMILES string of the molecule is CC(Cc1cnccc1N)C(C)C(=O)O. The van der Waals surface area contributed by atoms with E-state index in [-0.39, 0.29) is 11.8 Å². The second-order valence-corrected chi connectivity index (χ2v) is 3.88. The van der Waals surface area contributed by atoms with Crippen LogP contribution < -0.4 is 5.73 Å². The Morgan fingerprint density at radius 2 is 2.27 bits per heavy atom. The van der Waals surface area contributed by atoms with E-state index in [0.717, 1.165) is 5.56 Å². The number of carboxylic acids is 1. The Labute approximate surface area is 89.1 Å². The predicted molar refractivity (Wildman–Crippen MR) is 58.3 cm³/mol. The summed E-state index contributed by atoms with van der Waals surface area (Å²) >= 11 is 0. The molecule has 0 saturated carbocycles. The molecule has 0 spiro atoms. The van der Waals surface area contributed by atoms with E-state index in [2.05, 4.69) is 4.98 Å². The molecule has 1 aromatic rings. The highest BCUT2D eigenvalue weighted by atomic mass is 16.4. The maximum atomic E-state index is 10.8. The predicted octanol–water partition coefficient (Wildman–Crippen LogP) is 1.56. The maximum Gasteiger partial charge on any atom is 0.306 e. The number of rotatable bonds is 4. The molecule has 1 aromatic heterocycles. The van der Waals surface area contributed by atoms with E-state index >= 15 is 0 Å². The standard InChI is InChI=1S/C11H16N2O2/c1-7(8(2)11(14)15)5-9-6-13-4-3-10(9)12/h3-4,6-8H,5H2,1-2H3,(H2,12,13)(H,14,15). The van der Waals surface area contributed by atoms with Crippen molar-refractivity contribution in [2.45, 2.75) is 20.3 Å². The Balaban J connectivity index is 2.70. The molecule has 0 bridgehead atoms. The van der Waals surface area contributed by atoms with E-state index in [4.69, 9.17) is 10.8 Å². The van der Waals surface area contributed by atoms with E-state index in [1.165, 1.54) is 0 Å². The first kappa shape index (κ1) is 11.5. The molecule has 0 saturated heterocycles. The second kappa shape index (κ2) is 4.77. The molecule has 4 nitrogen and oxygen atoms in total. The molecule has 0 radical (unpaired) electrons. The van der Waals surface area contributed by atoms with Crippen LogP contribution in [0.15, 0.2) is 18.5 Å². The molecule has 2 unspecified atom stereocenters. The molecule has 0 aliphatic carbocycles. The lowest BCUT2D eigenvalue weighted by Gasteiger charge is -2.16. The smallest absolute Gasteiger partial charge is 0.306 e. The summed E-state index contributed by atoms with van der Waals surface area (Å²) in [5.74, 6) is -1.09. The average molecular weight is 208 g/mol. The second-order valence-electron chi connectivity index (χ2n) is 3.88.